The fourth-order valence-corrected chi connectivity index (χ4v) is 8.09. The highest BCUT2D eigenvalue weighted by atomic mass is 19.1. The molecule has 0 aliphatic carbocycles. The zero-order valence-electron chi connectivity index (χ0n) is 25.0. The lowest BCUT2D eigenvalue weighted by Gasteiger charge is -2.40. The molecule has 6 aromatic rings. The van der Waals surface area contributed by atoms with Crippen LogP contribution in [0.1, 0.15) is 43.2 Å². The molecule has 0 unspecified atom stereocenters. The lowest BCUT2D eigenvalue weighted by Crippen LogP contribution is -2.48. The van der Waals surface area contributed by atoms with Crippen LogP contribution in [0.3, 0.4) is 0 Å². The summed E-state index contributed by atoms with van der Waals surface area (Å²) in [5.41, 5.74) is 9.19. The second kappa shape index (κ2) is 11.0. The molecule has 0 radical (unpaired) electrons. The Morgan fingerprint density at radius 2 is 0.909 bits per heavy atom. The summed E-state index contributed by atoms with van der Waals surface area (Å²) in [6, 6.07) is 36.1. The van der Waals surface area contributed by atoms with Crippen molar-refractivity contribution in [2.75, 3.05) is 13.1 Å². The monoisotopic (exact) mass is 580 g/mol. The number of rotatable bonds is 2. The standard InChI is InChI=1S/C41H36F2N/c42-32-16-10-14-28(22-32)36-24-30-12-4-6-18-34(30)40-38(36)26-44(20-8-2-1-3-9-21-44)27-39-37(29-15-11-17-33(43)23-29)25-31-13-5-7-19-35(31)41(39)40/h4-7,10-19,22-25H,1-3,8-9,20-21,26-27H2/q+1. The van der Waals surface area contributed by atoms with E-state index < -0.39 is 0 Å². The molecule has 2 aliphatic rings. The smallest absolute Gasteiger partial charge is 0.123 e. The average molecular weight is 581 g/mol. The summed E-state index contributed by atoms with van der Waals surface area (Å²) in [7, 11) is 0. The Bertz CT molecular complexity index is 1890. The Morgan fingerprint density at radius 1 is 0.455 bits per heavy atom. The summed E-state index contributed by atoms with van der Waals surface area (Å²) in [6.45, 7) is 3.97. The van der Waals surface area contributed by atoms with Gasteiger partial charge in [0.05, 0.1) is 13.1 Å². The van der Waals surface area contributed by atoms with E-state index >= 15 is 0 Å². The fraction of sp³-hybridized carbons (Fsp3) is 0.220. The van der Waals surface area contributed by atoms with Gasteiger partial charge in [-0.15, -0.1) is 0 Å². The largest absolute Gasteiger partial charge is 0.316 e. The van der Waals surface area contributed by atoms with Crippen LogP contribution in [-0.4, -0.2) is 17.6 Å². The highest BCUT2D eigenvalue weighted by Gasteiger charge is 2.38. The summed E-state index contributed by atoms with van der Waals surface area (Å²) in [5.74, 6) is -0.431. The van der Waals surface area contributed by atoms with E-state index in [0.29, 0.717) is 0 Å². The molecule has 44 heavy (non-hydrogen) atoms. The molecule has 8 rings (SSSR count). The molecule has 1 nitrogen and oxygen atoms in total. The quantitative estimate of drug-likeness (QED) is 0.179. The molecule has 2 aliphatic heterocycles. The van der Waals surface area contributed by atoms with Crippen LogP contribution < -0.4 is 0 Å². The van der Waals surface area contributed by atoms with Crippen LogP contribution in [0.2, 0.25) is 0 Å². The maximum Gasteiger partial charge on any atom is 0.123 e. The number of nitrogens with zero attached hydrogens (tertiary/aromatic N) is 1. The van der Waals surface area contributed by atoms with Crippen molar-refractivity contribution in [1.29, 1.82) is 0 Å². The molecule has 6 aromatic carbocycles. The molecule has 3 heteroatoms. The van der Waals surface area contributed by atoms with Crippen LogP contribution in [0, 0.1) is 11.6 Å². The number of hydrogen-bond donors (Lipinski definition) is 0. The summed E-state index contributed by atoms with van der Waals surface area (Å²) < 4.78 is 30.6. The van der Waals surface area contributed by atoms with Gasteiger partial charge < -0.3 is 4.48 Å². The van der Waals surface area contributed by atoms with Gasteiger partial charge in [-0.1, -0.05) is 79.2 Å². The zero-order valence-corrected chi connectivity index (χ0v) is 25.0. The van der Waals surface area contributed by atoms with Crippen LogP contribution >= 0.6 is 0 Å². The minimum absolute atomic E-state index is 0.215. The molecule has 0 bridgehead atoms. The SMILES string of the molecule is Fc1cccc(-c2cc3ccccc3c3c2C[N+]2(CCCCCCC2)Cc2c(-c4cccc(F)c4)cc4ccccc4c2-3)c1. The Balaban J connectivity index is 1.56. The first-order valence-corrected chi connectivity index (χ1v) is 16.1. The maximum atomic E-state index is 14.8. The average Bonchev–Trinajstić information content (AvgIpc) is 3.18. The van der Waals surface area contributed by atoms with E-state index in [-0.39, 0.29) is 11.6 Å². The van der Waals surface area contributed by atoms with Gasteiger partial charge in [-0.2, -0.15) is 0 Å². The van der Waals surface area contributed by atoms with Gasteiger partial charge in [0.2, 0.25) is 0 Å². The van der Waals surface area contributed by atoms with Crippen LogP contribution in [0.5, 0.6) is 0 Å². The molecule has 218 valence electrons. The first kappa shape index (κ1) is 27.2. The van der Waals surface area contributed by atoms with Gasteiger partial charge in [0.15, 0.2) is 0 Å². The number of quaternary nitrogens is 1. The number of fused-ring (bicyclic) bond motifs is 7. The Morgan fingerprint density at radius 3 is 1.39 bits per heavy atom. The number of halogens is 2. The van der Waals surface area contributed by atoms with Crippen molar-refractivity contribution in [3.05, 3.63) is 132 Å². The zero-order chi connectivity index (χ0) is 29.7. The Kier molecular flexibility index (Phi) is 6.80. The molecule has 2 heterocycles. The third-order valence-corrected chi connectivity index (χ3v) is 10.1. The van der Waals surface area contributed by atoms with E-state index in [2.05, 4.69) is 72.8 Å². The van der Waals surface area contributed by atoms with Gasteiger partial charge in [-0.05, 0) is 106 Å². The predicted octanol–water partition coefficient (Wildman–Crippen LogP) is 11.1. The highest BCUT2D eigenvalue weighted by Crippen LogP contribution is 2.50. The minimum atomic E-state index is -0.215. The molecular weight excluding hydrogens is 544 g/mol. The molecule has 0 saturated carbocycles. The lowest BCUT2D eigenvalue weighted by atomic mass is 9.82. The van der Waals surface area contributed by atoms with Crippen molar-refractivity contribution < 1.29 is 13.3 Å². The van der Waals surface area contributed by atoms with Crippen molar-refractivity contribution in [2.45, 2.75) is 45.2 Å². The molecule has 1 spiro atoms. The van der Waals surface area contributed by atoms with E-state index in [9.17, 15) is 8.78 Å². The second-order valence-corrected chi connectivity index (χ2v) is 12.9. The molecular formula is C41H36F2N+. The van der Waals surface area contributed by atoms with E-state index in [1.165, 1.54) is 77.3 Å². The van der Waals surface area contributed by atoms with E-state index in [0.717, 1.165) is 63.7 Å². The second-order valence-electron chi connectivity index (χ2n) is 12.9. The van der Waals surface area contributed by atoms with Crippen molar-refractivity contribution in [2.24, 2.45) is 0 Å². The van der Waals surface area contributed by atoms with Gasteiger partial charge in [0, 0.05) is 22.3 Å². The Labute approximate surface area is 258 Å². The highest BCUT2D eigenvalue weighted by molar-refractivity contribution is 6.11. The van der Waals surface area contributed by atoms with E-state index in [1.807, 2.05) is 12.1 Å². The first-order chi connectivity index (χ1) is 21.6. The van der Waals surface area contributed by atoms with Gasteiger partial charge in [0.25, 0.3) is 0 Å². The van der Waals surface area contributed by atoms with Gasteiger partial charge in [-0.3, -0.25) is 0 Å². The van der Waals surface area contributed by atoms with Crippen molar-refractivity contribution in [1.82, 2.24) is 0 Å². The molecule has 1 saturated heterocycles. The predicted molar refractivity (Wildman–Crippen MR) is 178 cm³/mol. The lowest BCUT2D eigenvalue weighted by molar-refractivity contribution is -0.954. The molecule has 0 atom stereocenters. The van der Waals surface area contributed by atoms with E-state index in [4.69, 9.17) is 0 Å². The van der Waals surface area contributed by atoms with Crippen LogP contribution in [0.25, 0.3) is 54.9 Å². The van der Waals surface area contributed by atoms with Crippen molar-refractivity contribution in [3.63, 3.8) is 0 Å². The topological polar surface area (TPSA) is 0 Å². The van der Waals surface area contributed by atoms with Crippen molar-refractivity contribution in [3.8, 4) is 33.4 Å². The number of hydrogen-bond acceptors (Lipinski definition) is 0. The Hall–Kier alpha value is -4.34. The normalized spacial score (nSPS) is 16.2. The molecule has 0 aromatic heterocycles. The minimum Gasteiger partial charge on any atom is -0.316 e. The summed E-state index contributed by atoms with van der Waals surface area (Å²) in [6.07, 6.45) is 6.18. The van der Waals surface area contributed by atoms with Crippen LogP contribution in [0.15, 0.2) is 109 Å². The maximum absolute atomic E-state index is 14.8. The van der Waals surface area contributed by atoms with Gasteiger partial charge in [-0.25, -0.2) is 8.78 Å². The third kappa shape index (κ3) is 4.71. The van der Waals surface area contributed by atoms with Crippen molar-refractivity contribution >= 4 is 21.5 Å². The van der Waals surface area contributed by atoms with Crippen LogP contribution in [0.4, 0.5) is 8.78 Å². The summed E-state index contributed by atoms with van der Waals surface area (Å²) >= 11 is 0. The third-order valence-electron chi connectivity index (χ3n) is 10.1. The first-order valence-electron chi connectivity index (χ1n) is 16.1. The summed E-state index contributed by atoms with van der Waals surface area (Å²) in [5, 5.41) is 4.74. The van der Waals surface area contributed by atoms with Crippen LogP contribution in [-0.2, 0) is 13.1 Å². The number of benzene rings is 6. The summed E-state index contributed by atoms with van der Waals surface area (Å²) in [4.78, 5) is 0. The molecule has 0 N–H and O–H groups in total. The fourth-order valence-electron chi connectivity index (χ4n) is 8.09. The van der Waals surface area contributed by atoms with Gasteiger partial charge in [0.1, 0.15) is 24.7 Å². The van der Waals surface area contributed by atoms with E-state index in [1.54, 1.807) is 12.1 Å². The molecule has 0 amide bonds. The molecule has 1 fully saturated rings. The van der Waals surface area contributed by atoms with Gasteiger partial charge >= 0.3 is 0 Å².